The Hall–Kier alpha value is -4.46. The van der Waals surface area contributed by atoms with E-state index in [-0.39, 0.29) is 53.1 Å². The summed E-state index contributed by atoms with van der Waals surface area (Å²) in [5.74, 6) is 0. The summed E-state index contributed by atoms with van der Waals surface area (Å²) in [6.07, 6.45) is 0. The SMILES string of the molecule is [2H]c1c([2H])c([2H])c2c(-c3ccc4ccc5ccccc5c4c3)c3c([2H])c([2H])c(-c4cccc5ccccc45)c([2H])c3c(Br)c2c1[2H]. The maximum absolute atomic E-state index is 9.60. The summed E-state index contributed by atoms with van der Waals surface area (Å²) in [6.45, 7) is 0. The fraction of sp³-hybridized carbons (Fsp3) is 0. The molecule has 8 rings (SSSR count). The number of hydrogen-bond acceptors (Lipinski definition) is 0. The van der Waals surface area contributed by atoms with Gasteiger partial charge in [0.15, 0.2) is 0 Å². The van der Waals surface area contributed by atoms with Crippen LogP contribution in [0.15, 0.2) is 144 Å². The van der Waals surface area contributed by atoms with Gasteiger partial charge in [0.2, 0.25) is 0 Å². The van der Waals surface area contributed by atoms with Gasteiger partial charge in [0.1, 0.15) is 0 Å². The Bertz CT molecular complexity index is 2620. The first kappa shape index (κ1) is 16.5. The molecule has 0 aliphatic carbocycles. The number of halogens is 1. The largest absolute Gasteiger partial charge is 0.0636 e. The van der Waals surface area contributed by atoms with Crippen molar-refractivity contribution in [2.75, 3.05) is 0 Å². The molecule has 182 valence electrons. The van der Waals surface area contributed by atoms with E-state index in [0.29, 0.717) is 37.5 Å². The highest BCUT2D eigenvalue weighted by Crippen LogP contribution is 2.44. The maximum atomic E-state index is 9.60. The first-order valence-electron chi connectivity index (χ1n) is 16.2. The van der Waals surface area contributed by atoms with Gasteiger partial charge in [0, 0.05) is 4.47 Å². The van der Waals surface area contributed by atoms with Gasteiger partial charge in [-0.2, -0.15) is 0 Å². The van der Waals surface area contributed by atoms with Gasteiger partial charge in [-0.05, 0) is 104 Å². The van der Waals surface area contributed by atoms with Crippen LogP contribution in [0.5, 0.6) is 0 Å². The Labute approximate surface area is 245 Å². The zero-order chi connectivity index (χ0) is 32.0. The van der Waals surface area contributed by atoms with Crippen molar-refractivity contribution in [1.82, 2.24) is 0 Å². The van der Waals surface area contributed by atoms with E-state index in [4.69, 9.17) is 5.48 Å². The van der Waals surface area contributed by atoms with Crippen molar-refractivity contribution < 1.29 is 9.60 Å². The van der Waals surface area contributed by atoms with E-state index in [1.807, 2.05) is 91.0 Å². The van der Waals surface area contributed by atoms with Gasteiger partial charge in [0.05, 0.1) is 9.60 Å². The molecule has 39 heavy (non-hydrogen) atoms. The molecule has 0 unspecified atom stereocenters. The van der Waals surface area contributed by atoms with Crippen molar-refractivity contribution in [2.24, 2.45) is 0 Å². The molecule has 8 aromatic carbocycles. The Morgan fingerprint density at radius 2 is 1.10 bits per heavy atom. The quantitative estimate of drug-likeness (QED) is 0.144. The highest BCUT2D eigenvalue weighted by Gasteiger charge is 2.16. The molecule has 0 aliphatic heterocycles. The Balaban J connectivity index is 1.61. The highest BCUT2D eigenvalue weighted by atomic mass is 79.9. The normalized spacial score (nSPS) is 14.2. The third kappa shape index (κ3) is 3.51. The fourth-order valence-corrected chi connectivity index (χ4v) is 6.29. The molecule has 0 amide bonds. The first-order chi connectivity index (χ1) is 22.2. The standard InChI is InChI=1S/C38H23Br/c39-38-34-14-6-5-13-32(34)37(28-19-18-26-17-16-25-9-2-4-12-30(25)35(26)23-28)33-21-20-27(22-36(33)38)31-15-7-10-24-8-1-3-11-29(24)31/h1-23H/i5D,6D,13D,14D,20D,21D,22D. The Kier molecular flexibility index (Phi) is 3.72. The summed E-state index contributed by atoms with van der Waals surface area (Å²) in [5.41, 5.74) is 2.00. The van der Waals surface area contributed by atoms with Gasteiger partial charge in [-0.3, -0.25) is 0 Å². The third-order valence-corrected chi connectivity index (χ3v) is 8.33. The van der Waals surface area contributed by atoms with Crippen LogP contribution in [0.4, 0.5) is 0 Å². The summed E-state index contributed by atoms with van der Waals surface area (Å²) in [4.78, 5) is 0. The minimum absolute atomic E-state index is 0.0148. The van der Waals surface area contributed by atoms with Crippen LogP contribution in [0.2, 0.25) is 0 Å². The number of rotatable bonds is 2. The molecule has 0 saturated heterocycles. The molecule has 0 heterocycles. The van der Waals surface area contributed by atoms with Gasteiger partial charge in [-0.15, -0.1) is 0 Å². The van der Waals surface area contributed by atoms with Gasteiger partial charge in [0.25, 0.3) is 0 Å². The molecular weight excluding hydrogens is 536 g/mol. The van der Waals surface area contributed by atoms with Crippen molar-refractivity contribution in [1.29, 1.82) is 0 Å². The molecule has 0 atom stereocenters. The fourth-order valence-electron chi connectivity index (χ4n) is 5.70. The minimum atomic E-state index is -0.382. The van der Waals surface area contributed by atoms with Crippen LogP contribution in [0, 0.1) is 0 Å². The lowest BCUT2D eigenvalue weighted by molar-refractivity contribution is 1.67. The summed E-state index contributed by atoms with van der Waals surface area (Å²) >= 11 is 3.66. The smallest absolute Gasteiger partial charge is 0.0616 e. The summed E-state index contributed by atoms with van der Waals surface area (Å²) in [7, 11) is 0. The predicted molar refractivity (Wildman–Crippen MR) is 173 cm³/mol. The zero-order valence-corrected chi connectivity index (χ0v) is 22.2. The molecular formula is C38H23Br. The van der Waals surface area contributed by atoms with E-state index < -0.39 is 0 Å². The number of fused-ring (bicyclic) bond motifs is 6. The molecule has 0 fully saturated rings. The summed E-state index contributed by atoms with van der Waals surface area (Å²) in [5, 5.41) is 6.95. The summed E-state index contributed by atoms with van der Waals surface area (Å²) < 4.78 is 63.8. The molecule has 0 bridgehead atoms. The van der Waals surface area contributed by atoms with Crippen LogP contribution in [0.1, 0.15) is 9.60 Å². The van der Waals surface area contributed by atoms with Crippen LogP contribution in [-0.2, 0) is 0 Å². The molecule has 8 aromatic rings. The van der Waals surface area contributed by atoms with Crippen LogP contribution < -0.4 is 0 Å². The van der Waals surface area contributed by atoms with Crippen molar-refractivity contribution in [2.45, 2.75) is 0 Å². The van der Waals surface area contributed by atoms with E-state index >= 15 is 0 Å². The van der Waals surface area contributed by atoms with Gasteiger partial charge < -0.3 is 0 Å². The zero-order valence-electron chi connectivity index (χ0n) is 27.6. The Morgan fingerprint density at radius 3 is 1.95 bits per heavy atom. The molecule has 0 N–H and O–H groups in total. The lowest BCUT2D eigenvalue weighted by atomic mass is 9.88. The molecule has 0 radical (unpaired) electrons. The second-order valence-electron chi connectivity index (χ2n) is 9.69. The molecule has 0 nitrogen and oxygen atoms in total. The molecule has 0 aliphatic rings. The number of benzene rings is 8. The van der Waals surface area contributed by atoms with E-state index in [1.54, 1.807) is 0 Å². The summed E-state index contributed by atoms with van der Waals surface area (Å²) in [6, 6.07) is 30.0. The van der Waals surface area contributed by atoms with Crippen molar-refractivity contribution in [3.05, 3.63) is 144 Å². The topological polar surface area (TPSA) is 0 Å². The lowest BCUT2D eigenvalue weighted by Gasteiger charge is -2.17. The molecule has 1 heteroatoms. The molecule has 0 saturated carbocycles. The number of hydrogen-bond donors (Lipinski definition) is 0. The van der Waals surface area contributed by atoms with Crippen molar-refractivity contribution in [3.8, 4) is 22.3 Å². The maximum Gasteiger partial charge on any atom is 0.0636 e. The second-order valence-corrected chi connectivity index (χ2v) is 10.5. The van der Waals surface area contributed by atoms with E-state index in [1.165, 1.54) is 0 Å². The average Bonchev–Trinajstić information content (AvgIpc) is 3.08. The molecule has 0 spiro atoms. The van der Waals surface area contributed by atoms with Crippen molar-refractivity contribution >= 4 is 69.8 Å². The van der Waals surface area contributed by atoms with E-state index in [2.05, 4.69) is 22.0 Å². The van der Waals surface area contributed by atoms with Crippen LogP contribution in [0.3, 0.4) is 0 Å². The van der Waals surface area contributed by atoms with E-state index in [0.717, 1.165) is 32.3 Å². The van der Waals surface area contributed by atoms with Crippen LogP contribution >= 0.6 is 15.9 Å². The van der Waals surface area contributed by atoms with E-state index in [9.17, 15) is 4.11 Å². The Morgan fingerprint density at radius 1 is 0.462 bits per heavy atom. The van der Waals surface area contributed by atoms with Gasteiger partial charge >= 0.3 is 0 Å². The average molecular weight is 567 g/mol. The van der Waals surface area contributed by atoms with Crippen molar-refractivity contribution in [3.63, 3.8) is 0 Å². The van der Waals surface area contributed by atoms with Crippen LogP contribution in [-0.4, -0.2) is 0 Å². The van der Waals surface area contributed by atoms with Gasteiger partial charge in [-0.25, -0.2) is 0 Å². The predicted octanol–water partition coefficient (Wildman–Crippen LogP) is 11.5. The van der Waals surface area contributed by atoms with Gasteiger partial charge in [-0.1, -0.05) is 127 Å². The van der Waals surface area contributed by atoms with Crippen LogP contribution in [0.25, 0.3) is 76.1 Å². The third-order valence-electron chi connectivity index (χ3n) is 7.53. The lowest BCUT2D eigenvalue weighted by Crippen LogP contribution is -1.90. The monoisotopic (exact) mass is 565 g/mol. The minimum Gasteiger partial charge on any atom is -0.0616 e. The molecule has 0 aromatic heterocycles. The second kappa shape index (κ2) is 8.80. The highest BCUT2D eigenvalue weighted by molar-refractivity contribution is 9.10. The first-order valence-corrected chi connectivity index (χ1v) is 13.5.